The summed E-state index contributed by atoms with van der Waals surface area (Å²) in [7, 11) is 0. The van der Waals surface area contributed by atoms with Crippen LogP contribution in [0.3, 0.4) is 0 Å². The van der Waals surface area contributed by atoms with Gasteiger partial charge in [-0.15, -0.1) is 0 Å². The van der Waals surface area contributed by atoms with E-state index in [1.54, 1.807) is 41.7 Å². The fourth-order valence-corrected chi connectivity index (χ4v) is 5.03. The first-order chi connectivity index (χ1) is 19.7. The fourth-order valence-electron chi connectivity index (χ4n) is 5.03. The first-order valence-electron chi connectivity index (χ1n) is 13.5. The van der Waals surface area contributed by atoms with E-state index in [2.05, 4.69) is 45.9 Å². The second kappa shape index (κ2) is 10.2. The van der Waals surface area contributed by atoms with Crippen LogP contribution in [0.2, 0.25) is 0 Å². The van der Waals surface area contributed by atoms with Gasteiger partial charge in [0, 0.05) is 55.9 Å². The molecule has 0 bridgehead atoms. The van der Waals surface area contributed by atoms with Crippen molar-refractivity contribution < 1.29 is 9.50 Å². The van der Waals surface area contributed by atoms with Gasteiger partial charge in [0.25, 0.3) is 0 Å². The van der Waals surface area contributed by atoms with Gasteiger partial charge in [-0.25, -0.2) is 24.3 Å². The highest BCUT2D eigenvalue weighted by Gasteiger charge is 2.27. The minimum absolute atomic E-state index is 0.0139. The molecule has 0 saturated carbocycles. The molecular formula is C29H33FN10O. The van der Waals surface area contributed by atoms with Crippen LogP contribution >= 0.6 is 0 Å². The number of piperazine rings is 1. The molecule has 4 N–H and O–H groups in total. The molecule has 41 heavy (non-hydrogen) atoms. The number of aliphatic hydroxyl groups excluding tert-OH is 1. The highest BCUT2D eigenvalue weighted by Crippen LogP contribution is 2.31. The Morgan fingerprint density at radius 2 is 1.61 bits per heavy atom. The number of H-pyrrole nitrogens is 1. The minimum atomic E-state index is -0.841. The highest BCUT2D eigenvalue weighted by atomic mass is 19.1. The van der Waals surface area contributed by atoms with Crippen molar-refractivity contribution in [2.24, 2.45) is 5.73 Å². The third-order valence-corrected chi connectivity index (χ3v) is 7.85. The first kappa shape index (κ1) is 26.8. The molecular weight excluding hydrogens is 523 g/mol. The molecule has 1 aliphatic rings. The van der Waals surface area contributed by atoms with Gasteiger partial charge < -0.3 is 25.6 Å². The first-order valence-corrected chi connectivity index (χ1v) is 13.5. The van der Waals surface area contributed by atoms with E-state index in [1.165, 1.54) is 12.1 Å². The molecule has 0 aliphatic carbocycles. The number of nitrogens with two attached hydrogens (primary N) is 1. The smallest absolute Gasteiger partial charge is 0.225 e. The Morgan fingerprint density at radius 3 is 2.29 bits per heavy atom. The Labute approximate surface area is 236 Å². The molecule has 6 rings (SSSR count). The summed E-state index contributed by atoms with van der Waals surface area (Å²) < 4.78 is 15.1. The molecule has 1 aliphatic heterocycles. The number of halogens is 1. The SMILES string of the molecule is CC(N)(c1ccc(F)cc1)c1cnc(N2CCN(c3ncnc4[nH]c(-c5cnn(C(C)(C)CO)c5)cc34)CC2)nc1. The number of anilines is 2. The van der Waals surface area contributed by atoms with E-state index < -0.39 is 11.1 Å². The lowest BCUT2D eigenvalue weighted by Gasteiger charge is -2.35. The Morgan fingerprint density at radius 1 is 0.927 bits per heavy atom. The summed E-state index contributed by atoms with van der Waals surface area (Å²) in [6.07, 6.45) is 8.78. The van der Waals surface area contributed by atoms with Gasteiger partial charge in [0.2, 0.25) is 5.95 Å². The van der Waals surface area contributed by atoms with Crippen LogP contribution < -0.4 is 15.5 Å². The molecule has 1 aromatic carbocycles. The summed E-state index contributed by atoms with van der Waals surface area (Å²) in [5.74, 6) is 1.21. The van der Waals surface area contributed by atoms with Crippen molar-refractivity contribution in [3.8, 4) is 11.3 Å². The van der Waals surface area contributed by atoms with Gasteiger partial charge in [-0.3, -0.25) is 4.68 Å². The molecule has 0 amide bonds. The number of aliphatic hydroxyl groups is 1. The van der Waals surface area contributed by atoms with Gasteiger partial charge >= 0.3 is 0 Å². The Balaban J connectivity index is 1.16. The van der Waals surface area contributed by atoms with Crippen molar-refractivity contribution in [2.45, 2.75) is 31.8 Å². The van der Waals surface area contributed by atoms with Crippen LogP contribution in [0.4, 0.5) is 16.2 Å². The van der Waals surface area contributed by atoms with Gasteiger partial charge in [0.05, 0.1) is 35.0 Å². The predicted molar refractivity (Wildman–Crippen MR) is 155 cm³/mol. The zero-order chi connectivity index (χ0) is 28.8. The molecule has 4 aromatic heterocycles. The molecule has 5 heterocycles. The summed E-state index contributed by atoms with van der Waals surface area (Å²) in [6.45, 7) is 8.65. The van der Waals surface area contributed by atoms with Crippen LogP contribution in [-0.4, -0.2) is 72.6 Å². The fraction of sp³-hybridized carbons (Fsp3) is 0.345. The number of aromatic amines is 1. The van der Waals surface area contributed by atoms with Crippen molar-refractivity contribution >= 4 is 22.8 Å². The van der Waals surface area contributed by atoms with E-state index in [0.29, 0.717) is 5.95 Å². The normalized spacial score (nSPS) is 15.9. The van der Waals surface area contributed by atoms with Crippen molar-refractivity contribution in [2.75, 3.05) is 42.6 Å². The number of fused-ring (bicyclic) bond motifs is 1. The van der Waals surface area contributed by atoms with Crippen LogP contribution in [0.25, 0.3) is 22.3 Å². The van der Waals surface area contributed by atoms with E-state index in [-0.39, 0.29) is 12.4 Å². The number of benzene rings is 1. The minimum Gasteiger partial charge on any atom is -0.394 e. The third-order valence-electron chi connectivity index (χ3n) is 7.85. The molecule has 1 saturated heterocycles. The molecule has 1 atom stereocenters. The van der Waals surface area contributed by atoms with E-state index >= 15 is 0 Å². The van der Waals surface area contributed by atoms with Crippen LogP contribution in [-0.2, 0) is 11.1 Å². The van der Waals surface area contributed by atoms with Crippen molar-refractivity contribution in [1.82, 2.24) is 34.7 Å². The average Bonchev–Trinajstić information content (AvgIpc) is 3.66. The van der Waals surface area contributed by atoms with E-state index in [0.717, 1.165) is 65.4 Å². The van der Waals surface area contributed by atoms with Crippen molar-refractivity contribution in [1.29, 1.82) is 0 Å². The van der Waals surface area contributed by atoms with Gasteiger partial charge in [-0.05, 0) is 44.5 Å². The molecule has 1 unspecified atom stereocenters. The quantitative estimate of drug-likeness (QED) is 0.276. The summed E-state index contributed by atoms with van der Waals surface area (Å²) >= 11 is 0. The summed E-state index contributed by atoms with van der Waals surface area (Å²) in [5, 5.41) is 15.1. The van der Waals surface area contributed by atoms with E-state index in [9.17, 15) is 9.50 Å². The molecule has 0 spiro atoms. The lowest BCUT2D eigenvalue weighted by Crippen LogP contribution is -2.47. The molecule has 0 radical (unpaired) electrons. The van der Waals surface area contributed by atoms with Crippen LogP contribution in [0, 0.1) is 5.82 Å². The Hall–Kier alpha value is -4.42. The van der Waals surface area contributed by atoms with Crippen LogP contribution in [0.5, 0.6) is 0 Å². The van der Waals surface area contributed by atoms with Gasteiger partial charge in [0.1, 0.15) is 23.6 Å². The van der Waals surface area contributed by atoms with Gasteiger partial charge in [-0.1, -0.05) is 12.1 Å². The maximum atomic E-state index is 13.4. The lowest BCUT2D eigenvalue weighted by atomic mass is 9.87. The van der Waals surface area contributed by atoms with Crippen LogP contribution in [0.15, 0.2) is 61.4 Å². The summed E-state index contributed by atoms with van der Waals surface area (Å²) in [6, 6.07) is 8.23. The Bertz CT molecular complexity index is 1650. The second-order valence-electron chi connectivity index (χ2n) is 11.2. The third kappa shape index (κ3) is 5.00. The van der Waals surface area contributed by atoms with E-state index in [4.69, 9.17) is 5.73 Å². The number of hydrogen-bond acceptors (Lipinski definition) is 9. The second-order valence-corrected chi connectivity index (χ2v) is 11.2. The standard InChI is InChI=1S/C29H33FN10O/c1-28(2,17-41)40-16-19(13-36-40)24-12-23-25(37-24)34-18-35-26(23)38-8-10-39(11-9-38)27-32-14-21(15-33-27)29(3,31)20-4-6-22(30)7-5-20/h4-7,12-16,18,41H,8-11,17,31H2,1-3H3,(H,34,35,37). The number of rotatable bonds is 7. The monoisotopic (exact) mass is 556 g/mol. The zero-order valence-electron chi connectivity index (χ0n) is 23.3. The van der Waals surface area contributed by atoms with Gasteiger partial charge in [0.15, 0.2) is 0 Å². The maximum Gasteiger partial charge on any atom is 0.225 e. The average molecular weight is 557 g/mol. The van der Waals surface area contributed by atoms with Gasteiger partial charge in [-0.2, -0.15) is 5.10 Å². The largest absolute Gasteiger partial charge is 0.394 e. The van der Waals surface area contributed by atoms with Crippen molar-refractivity contribution in [3.63, 3.8) is 0 Å². The highest BCUT2D eigenvalue weighted by molar-refractivity contribution is 5.91. The van der Waals surface area contributed by atoms with E-state index in [1.807, 2.05) is 27.0 Å². The summed E-state index contributed by atoms with van der Waals surface area (Å²) in [4.78, 5) is 26.1. The molecule has 1 fully saturated rings. The molecule has 12 heteroatoms. The molecule has 5 aromatic rings. The zero-order valence-corrected chi connectivity index (χ0v) is 23.3. The van der Waals surface area contributed by atoms with Crippen LogP contribution in [0.1, 0.15) is 31.9 Å². The summed E-state index contributed by atoms with van der Waals surface area (Å²) in [5.41, 5.74) is 9.34. The molecule has 11 nitrogen and oxygen atoms in total. The number of aromatic nitrogens is 7. The number of nitrogens with one attached hydrogen (secondary N) is 1. The number of hydrogen-bond donors (Lipinski definition) is 3. The number of nitrogens with zero attached hydrogens (tertiary/aromatic N) is 8. The maximum absolute atomic E-state index is 13.4. The lowest BCUT2D eigenvalue weighted by molar-refractivity contribution is 0.152. The Kier molecular flexibility index (Phi) is 6.66. The topological polar surface area (TPSA) is 138 Å². The molecule has 212 valence electrons. The predicted octanol–water partition coefficient (Wildman–Crippen LogP) is 3.03. The van der Waals surface area contributed by atoms with Crippen molar-refractivity contribution in [3.05, 3.63) is 78.4 Å².